The average Bonchev–Trinajstić information content (AvgIpc) is 2.78. The third-order valence-electron chi connectivity index (χ3n) is 4.56. The monoisotopic (exact) mass is 347 g/mol. The molecular weight excluding hydrogens is 318 g/mol. The number of hydroxylamine groups is 1. The number of rotatable bonds is 11. The van der Waals surface area contributed by atoms with E-state index in [0.29, 0.717) is 12.8 Å². The molecule has 1 aliphatic heterocycles. The van der Waals surface area contributed by atoms with E-state index in [1.165, 1.54) is 12.0 Å². The summed E-state index contributed by atoms with van der Waals surface area (Å²) >= 11 is 0. The van der Waals surface area contributed by atoms with Crippen molar-refractivity contribution in [3.63, 3.8) is 0 Å². The van der Waals surface area contributed by atoms with Gasteiger partial charge in [0.1, 0.15) is 12.9 Å². The number of aldehydes is 1. The molecule has 0 aliphatic carbocycles. The molecular formula is C19H29N3O3. The maximum Gasteiger partial charge on any atom is 0.322 e. The minimum Gasteiger partial charge on any atom is -0.321 e. The van der Waals surface area contributed by atoms with Gasteiger partial charge in [0.15, 0.2) is 0 Å². The topological polar surface area (TPSA) is 70.7 Å². The van der Waals surface area contributed by atoms with Crippen molar-refractivity contribution in [3.05, 3.63) is 29.8 Å². The number of unbranched alkanes of at least 4 members (excludes halogenated alkanes) is 2. The lowest BCUT2D eigenvalue weighted by molar-refractivity contribution is -0.114. The van der Waals surface area contributed by atoms with Crippen LogP contribution in [-0.4, -0.2) is 43.0 Å². The van der Waals surface area contributed by atoms with Crippen LogP contribution in [0.1, 0.15) is 44.6 Å². The summed E-state index contributed by atoms with van der Waals surface area (Å²) in [4.78, 5) is 30.0. The molecule has 0 radical (unpaired) electrons. The number of fused-ring (bicyclic) bond motifs is 1. The van der Waals surface area contributed by atoms with Gasteiger partial charge in [0, 0.05) is 24.8 Å². The van der Waals surface area contributed by atoms with Crippen LogP contribution in [-0.2, 0) is 16.1 Å². The number of nitrogens with one attached hydrogen (secondary N) is 2. The van der Waals surface area contributed by atoms with Crippen molar-refractivity contribution in [3.8, 4) is 0 Å². The number of benzene rings is 1. The Labute approximate surface area is 149 Å². The number of hydrogen-bond donors (Lipinski definition) is 2. The first-order chi connectivity index (χ1) is 12.3. The molecule has 0 saturated heterocycles. The Morgan fingerprint density at radius 3 is 2.96 bits per heavy atom. The van der Waals surface area contributed by atoms with Gasteiger partial charge in [-0.1, -0.05) is 44.4 Å². The number of nitrogens with zero attached hydrogens (tertiary/aromatic N) is 1. The minimum absolute atomic E-state index is 0.0275. The third-order valence-corrected chi connectivity index (χ3v) is 4.56. The van der Waals surface area contributed by atoms with Crippen LogP contribution in [0.2, 0.25) is 0 Å². The largest absolute Gasteiger partial charge is 0.322 e. The average molecular weight is 347 g/mol. The molecule has 2 amide bonds. The fraction of sp³-hybridized carbons (Fsp3) is 0.579. The molecule has 0 fully saturated rings. The van der Waals surface area contributed by atoms with Crippen molar-refractivity contribution < 1.29 is 14.4 Å². The molecule has 0 aromatic heterocycles. The summed E-state index contributed by atoms with van der Waals surface area (Å²) in [7, 11) is 0. The van der Waals surface area contributed by atoms with E-state index in [9.17, 15) is 9.59 Å². The molecule has 2 N–H and O–H groups in total. The molecule has 1 aromatic rings. The first-order valence-electron chi connectivity index (χ1n) is 9.20. The predicted octanol–water partition coefficient (Wildman–Crippen LogP) is 3.14. The molecule has 0 saturated carbocycles. The lowest BCUT2D eigenvalue weighted by Gasteiger charge is -2.31. The molecule has 6 heteroatoms. The van der Waals surface area contributed by atoms with Crippen molar-refractivity contribution in [2.24, 2.45) is 0 Å². The molecule has 0 spiro atoms. The van der Waals surface area contributed by atoms with Crippen molar-refractivity contribution in [1.29, 1.82) is 0 Å². The van der Waals surface area contributed by atoms with Crippen molar-refractivity contribution >= 4 is 18.0 Å². The maximum absolute atomic E-state index is 12.7. The van der Waals surface area contributed by atoms with Gasteiger partial charge in [0.25, 0.3) is 0 Å². The van der Waals surface area contributed by atoms with E-state index < -0.39 is 0 Å². The zero-order chi connectivity index (χ0) is 17.9. The molecule has 1 atom stereocenters. The molecule has 1 aliphatic rings. The highest BCUT2D eigenvalue weighted by Crippen LogP contribution is 2.23. The van der Waals surface area contributed by atoms with Gasteiger partial charge in [-0.15, -0.1) is 0 Å². The molecule has 138 valence electrons. The van der Waals surface area contributed by atoms with Crippen molar-refractivity contribution in [1.82, 2.24) is 10.4 Å². The van der Waals surface area contributed by atoms with Crippen LogP contribution in [0, 0.1) is 0 Å². The van der Waals surface area contributed by atoms with E-state index >= 15 is 0 Å². The second-order valence-corrected chi connectivity index (χ2v) is 6.34. The number of anilines is 1. The van der Waals surface area contributed by atoms with Crippen LogP contribution in [0.15, 0.2) is 24.3 Å². The summed E-state index contributed by atoms with van der Waals surface area (Å²) in [6.07, 6.45) is 6.78. The predicted molar refractivity (Wildman–Crippen MR) is 98.4 cm³/mol. The van der Waals surface area contributed by atoms with E-state index in [2.05, 4.69) is 23.8 Å². The van der Waals surface area contributed by atoms with Gasteiger partial charge in [-0.25, -0.2) is 10.3 Å². The van der Waals surface area contributed by atoms with E-state index in [1.54, 1.807) is 0 Å². The third kappa shape index (κ3) is 6.14. The van der Waals surface area contributed by atoms with Crippen LogP contribution >= 0.6 is 0 Å². The van der Waals surface area contributed by atoms with Crippen molar-refractivity contribution in [2.75, 3.05) is 25.0 Å². The summed E-state index contributed by atoms with van der Waals surface area (Å²) < 4.78 is 0. The van der Waals surface area contributed by atoms with Crippen LogP contribution in [0.25, 0.3) is 0 Å². The summed E-state index contributed by atoms with van der Waals surface area (Å²) in [5, 5.41) is 3.04. The summed E-state index contributed by atoms with van der Waals surface area (Å²) in [5.74, 6) is 0. The normalized spacial score (nSPS) is 15.2. The Hall–Kier alpha value is -1.92. The number of amides is 2. The molecule has 1 heterocycles. The van der Waals surface area contributed by atoms with Crippen molar-refractivity contribution in [2.45, 2.75) is 51.5 Å². The number of para-hydroxylation sites is 1. The molecule has 6 nitrogen and oxygen atoms in total. The van der Waals surface area contributed by atoms with Crippen LogP contribution in [0.5, 0.6) is 0 Å². The van der Waals surface area contributed by atoms with Gasteiger partial charge in [-0.05, 0) is 30.9 Å². The van der Waals surface area contributed by atoms with Gasteiger partial charge in [0.2, 0.25) is 0 Å². The maximum atomic E-state index is 12.7. The zero-order valence-corrected chi connectivity index (χ0v) is 15.0. The Kier molecular flexibility index (Phi) is 8.42. The molecule has 0 bridgehead atoms. The van der Waals surface area contributed by atoms with E-state index in [-0.39, 0.29) is 18.7 Å². The van der Waals surface area contributed by atoms with Crippen LogP contribution in [0.4, 0.5) is 10.5 Å². The smallest absolute Gasteiger partial charge is 0.321 e. The highest BCUT2D eigenvalue weighted by atomic mass is 16.6. The number of urea groups is 1. The number of carbonyl (C=O) groups is 2. The number of hydrogen-bond acceptors (Lipinski definition) is 4. The summed E-state index contributed by atoms with van der Waals surface area (Å²) in [5.41, 5.74) is 4.89. The Bertz CT molecular complexity index is 550. The minimum atomic E-state index is -0.0275. The molecule has 1 aromatic carbocycles. The second-order valence-electron chi connectivity index (χ2n) is 6.34. The first-order valence-corrected chi connectivity index (χ1v) is 9.20. The number of carbonyl (C=O) groups excluding carboxylic acids is 2. The highest BCUT2D eigenvalue weighted by molar-refractivity contribution is 5.91. The van der Waals surface area contributed by atoms with Crippen LogP contribution in [0.3, 0.4) is 0 Å². The molecule has 25 heavy (non-hydrogen) atoms. The van der Waals surface area contributed by atoms with Gasteiger partial charge in [0.05, 0.1) is 0 Å². The van der Waals surface area contributed by atoms with E-state index in [0.717, 1.165) is 44.3 Å². The Morgan fingerprint density at radius 1 is 1.32 bits per heavy atom. The molecule has 1 unspecified atom stereocenters. The van der Waals surface area contributed by atoms with E-state index in [4.69, 9.17) is 4.84 Å². The van der Waals surface area contributed by atoms with Crippen LogP contribution < -0.4 is 10.8 Å². The standard InChI is InChI=1S/C19H29N3O3/c1-2-3-4-8-17(10-12-20-25-15-14-23)22-13-11-16-7-5-6-9-18(16)21-19(22)24/h5-7,9,14,17,20H,2-4,8,10-13,15H2,1H3,(H,21,24). The van der Waals surface area contributed by atoms with Gasteiger partial charge in [-0.3, -0.25) is 4.84 Å². The van der Waals surface area contributed by atoms with Gasteiger partial charge < -0.3 is 15.0 Å². The SMILES string of the molecule is CCCCCC(CCNOCC=O)N1CCc2ccccc2NC1=O. The summed E-state index contributed by atoms with van der Waals surface area (Å²) in [6, 6.07) is 8.11. The Morgan fingerprint density at radius 2 is 2.16 bits per heavy atom. The quantitative estimate of drug-likeness (QED) is 0.366. The Balaban J connectivity index is 1.97. The molecule has 2 rings (SSSR count). The van der Waals surface area contributed by atoms with Gasteiger partial charge in [-0.2, -0.15) is 0 Å². The first kappa shape index (κ1) is 19.4. The van der Waals surface area contributed by atoms with E-state index in [1.807, 2.05) is 23.1 Å². The fourth-order valence-corrected chi connectivity index (χ4v) is 3.21. The lowest BCUT2D eigenvalue weighted by Crippen LogP contribution is -2.44. The summed E-state index contributed by atoms with van der Waals surface area (Å²) in [6.45, 7) is 3.55. The highest BCUT2D eigenvalue weighted by Gasteiger charge is 2.26. The lowest BCUT2D eigenvalue weighted by atomic mass is 10.0. The fourth-order valence-electron chi connectivity index (χ4n) is 3.21. The zero-order valence-electron chi connectivity index (χ0n) is 15.0. The second kappa shape index (κ2) is 10.8. The van der Waals surface area contributed by atoms with Gasteiger partial charge >= 0.3 is 6.03 Å².